The minimum atomic E-state index is -5.17. The highest BCUT2D eigenvalue weighted by Crippen LogP contribution is 2.37. The topological polar surface area (TPSA) is 240 Å². The molecule has 43 heavy (non-hydrogen) atoms. The number of hydrogen-bond acceptors (Lipinski definition) is 9. The SMILES string of the molecule is CS(=O)(=O)N1CCN(C(=O)N[C@@H](C(=O)N[C@H]2Cc3cccc(C(=O)O)c3OB2O)c2cc(F)c(P(=O)(O)O)cc2Cl)C1=O. The molecule has 0 spiro atoms. The molecular weight excluding hydrogens is 641 g/mol. The lowest BCUT2D eigenvalue weighted by molar-refractivity contribution is -0.123. The summed E-state index contributed by atoms with van der Waals surface area (Å²) in [5.74, 6) is -5.41. The summed E-state index contributed by atoms with van der Waals surface area (Å²) in [7, 11) is -11.0. The molecule has 0 saturated carbocycles. The molecule has 2 atom stereocenters. The lowest BCUT2D eigenvalue weighted by Gasteiger charge is -2.30. The van der Waals surface area contributed by atoms with Gasteiger partial charge in [-0.1, -0.05) is 23.7 Å². The third-order valence-corrected chi connectivity index (χ3v) is 8.95. The van der Waals surface area contributed by atoms with Gasteiger partial charge in [0, 0.05) is 10.6 Å². The van der Waals surface area contributed by atoms with Gasteiger partial charge in [0.2, 0.25) is 15.9 Å². The van der Waals surface area contributed by atoms with Gasteiger partial charge in [-0.15, -0.1) is 0 Å². The van der Waals surface area contributed by atoms with E-state index < -0.39 is 95.5 Å². The third kappa shape index (κ3) is 6.61. The molecule has 230 valence electrons. The Morgan fingerprint density at radius 1 is 1.23 bits per heavy atom. The molecule has 2 aliphatic rings. The van der Waals surface area contributed by atoms with Crippen molar-refractivity contribution in [3.05, 3.63) is 57.9 Å². The first-order chi connectivity index (χ1) is 19.9. The van der Waals surface area contributed by atoms with Crippen molar-refractivity contribution in [3.8, 4) is 5.75 Å². The normalized spacial score (nSPS) is 17.7. The minimum Gasteiger partial charge on any atom is -0.534 e. The first-order valence-electron chi connectivity index (χ1n) is 12.0. The smallest absolute Gasteiger partial charge is 0.534 e. The van der Waals surface area contributed by atoms with Crippen LogP contribution < -0.4 is 20.6 Å². The van der Waals surface area contributed by atoms with E-state index >= 15 is 0 Å². The maximum Gasteiger partial charge on any atom is 0.547 e. The number of fused-ring (bicyclic) bond motifs is 1. The number of benzene rings is 2. The molecule has 2 aromatic rings. The van der Waals surface area contributed by atoms with E-state index in [4.69, 9.17) is 16.3 Å². The molecule has 1 fully saturated rings. The molecule has 2 aromatic carbocycles. The number of hydrogen-bond donors (Lipinski definition) is 6. The Balaban J connectivity index is 1.67. The monoisotopic (exact) mass is 662 g/mol. The van der Waals surface area contributed by atoms with Crippen molar-refractivity contribution in [3.63, 3.8) is 0 Å². The van der Waals surface area contributed by atoms with Gasteiger partial charge in [-0.25, -0.2) is 36.4 Å². The number of carbonyl (C=O) groups excluding carboxylic acids is 3. The molecule has 6 N–H and O–H groups in total. The fraction of sp³-hybridized carbons (Fsp3) is 0.273. The second-order valence-corrected chi connectivity index (χ2v) is 13.3. The number of nitrogens with one attached hydrogen (secondary N) is 2. The lowest BCUT2D eigenvalue weighted by Crippen LogP contribution is -2.56. The van der Waals surface area contributed by atoms with Crippen molar-refractivity contribution < 1.29 is 61.1 Å². The van der Waals surface area contributed by atoms with Crippen LogP contribution in [0.4, 0.5) is 14.0 Å². The molecule has 0 unspecified atom stereocenters. The Morgan fingerprint density at radius 3 is 2.49 bits per heavy atom. The van der Waals surface area contributed by atoms with Crippen molar-refractivity contribution in [1.29, 1.82) is 0 Å². The molecule has 2 heterocycles. The highest BCUT2D eigenvalue weighted by molar-refractivity contribution is 7.88. The zero-order chi connectivity index (χ0) is 32.0. The van der Waals surface area contributed by atoms with E-state index in [-0.39, 0.29) is 23.3 Å². The van der Waals surface area contributed by atoms with Crippen LogP contribution in [-0.4, -0.2) is 93.9 Å². The summed E-state index contributed by atoms with van der Waals surface area (Å²) in [6.07, 6.45) is 0.569. The molecule has 16 nitrogen and oxygen atoms in total. The van der Waals surface area contributed by atoms with Gasteiger partial charge >= 0.3 is 32.7 Å². The van der Waals surface area contributed by atoms with Crippen LogP contribution in [0.25, 0.3) is 0 Å². The second kappa shape index (κ2) is 11.7. The summed E-state index contributed by atoms with van der Waals surface area (Å²) in [6, 6.07) is 0.639. The Kier molecular flexibility index (Phi) is 8.79. The largest absolute Gasteiger partial charge is 0.547 e. The predicted molar refractivity (Wildman–Crippen MR) is 146 cm³/mol. The molecule has 21 heteroatoms. The fourth-order valence-corrected chi connectivity index (χ4v) is 6.26. The quantitative estimate of drug-likeness (QED) is 0.164. The van der Waals surface area contributed by atoms with Crippen LogP contribution in [-0.2, 0) is 25.8 Å². The van der Waals surface area contributed by atoms with Gasteiger partial charge < -0.3 is 35.2 Å². The number of aromatic carboxylic acids is 1. The maximum absolute atomic E-state index is 14.8. The number of sulfonamides is 1. The Hall–Kier alpha value is -3.74. The Morgan fingerprint density at radius 2 is 1.91 bits per heavy atom. The molecule has 5 amide bonds. The van der Waals surface area contributed by atoms with E-state index in [9.17, 15) is 56.5 Å². The van der Waals surface area contributed by atoms with Gasteiger partial charge in [0.1, 0.15) is 22.9 Å². The zero-order valence-corrected chi connectivity index (χ0v) is 24.3. The Bertz CT molecular complexity index is 1690. The van der Waals surface area contributed by atoms with Crippen LogP contribution in [0.1, 0.15) is 27.5 Å². The van der Waals surface area contributed by atoms with E-state index in [1.165, 1.54) is 18.2 Å². The molecule has 0 aliphatic carbocycles. The number of carboxylic acid groups (broad SMARTS) is 1. The number of rotatable bonds is 7. The summed E-state index contributed by atoms with van der Waals surface area (Å²) in [6.45, 7) is -0.805. The van der Waals surface area contributed by atoms with E-state index in [0.717, 1.165) is 6.26 Å². The number of carboxylic acids is 1. The number of para-hydroxylation sites is 1. The molecule has 4 rings (SSSR count). The second-order valence-electron chi connectivity index (χ2n) is 9.45. The highest BCUT2D eigenvalue weighted by Gasteiger charge is 2.42. The lowest BCUT2D eigenvalue weighted by atomic mass is 9.72. The zero-order valence-electron chi connectivity index (χ0n) is 21.8. The number of amides is 5. The number of nitrogens with zero attached hydrogens (tertiary/aromatic N) is 2. The van der Waals surface area contributed by atoms with Crippen molar-refractivity contribution >= 4 is 65.6 Å². The van der Waals surface area contributed by atoms with Crippen LogP contribution in [0, 0.1) is 5.82 Å². The average molecular weight is 663 g/mol. The van der Waals surface area contributed by atoms with Gasteiger partial charge in [0.15, 0.2) is 0 Å². The molecule has 1 saturated heterocycles. The number of carbonyl (C=O) groups is 4. The first kappa shape index (κ1) is 32.2. The van der Waals surface area contributed by atoms with Gasteiger partial charge in [-0.05, 0) is 30.2 Å². The van der Waals surface area contributed by atoms with Crippen molar-refractivity contribution in [2.75, 3.05) is 19.3 Å². The van der Waals surface area contributed by atoms with Crippen LogP contribution in [0.3, 0.4) is 0 Å². The predicted octanol–water partition coefficient (Wildman–Crippen LogP) is -0.432. The first-order valence-corrected chi connectivity index (χ1v) is 15.9. The van der Waals surface area contributed by atoms with E-state index in [1.54, 1.807) is 0 Å². The summed E-state index contributed by atoms with van der Waals surface area (Å²) in [5.41, 5.74) is -0.486. The summed E-state index contributed by atoms with van der Waals surface area (Å²) in [4.78, 5) is 69.9. The van der Waals surface area contributed by atoms with Crippen LogP contribution in [0.15, 0.2) is 30.3 Å². The van der Waals surface area contributed by atoms with Gasteiger partial charge in [0.25, 0.3) is 0 Å². The van der Waals surface area contributed by atoms with Crippen molar-refractivity contribution in [2.24, 2.45) is 0 Å². The van der Waals surface area contributed by atoms with Crippen LogP contribution >= 0.6 is 19.2 Å². The van der Waals surface area contributed by atoms with Crippen molar-refractivity contribution in [2.45, 2.75) is 18.4 Å². The maximum atomic E-state index is 14.8. The minimum absolute atomic E-state index is 0.140. The average Bonchev–Trinajstić information content (AvgIpc) is 3.29. The summed E-state index contributed by atoms with van der Waals surface area (Å²) >= 11 is 6.15. The third-order valence-electron chi connectivity index (χ3n) is 6.51. The fourth-order valence-electron chi connectivity index (χ4n) is 4.48. The molecule has 2 aliphatic heterocycles. The van der Waals surface area contributed by atoms with Gasteiger partial charge in [0.05, 0.1) is 30.8 Å². The number of urea groups is 2. The molecule has 0 bridgehead atoms. The van der Waals surface area contributed by atoms with Crippen molar-refractivity contribution in [1.82, 2.24) is 19.8 Å². The number of halogens is 2. The molecule has 0 radical (unpaired) electrons. The molecule has 0 aromatic heterocycles. The van der Waals surface area contributed by atoms with E-state index in [0.29, 0.717) is 21.3 Å². The van der Waals surface area contributed by atoms with Gasteiger partial charge in [-0.2, -0.15) is 0 Å². The standard InChI is InChI=1S/C22H22BClFN4O12PS/c1-43(39,40)29-6-5-28(22(29)34)21(33)27-17(12-8-14(25)15(9-13(12)24)42(36,37)38)19(30)26-16-7-10-3-2-4-11(20(31)32)18(10)41-23(16)35/h2-4,8-9,16-17,35H,5-7H2,1H3,(H,26,30)(H,27,33)(H,31,32)(H2,36,37,38)/t16-,17+/m0/s1. The summed E-state index contributed by atoms with van der Waals surface area (Å²) < 4.78 is 55.9. The highest BCUT2D eigenvalue weighted by atomic mass is 35.5. The summed E-state index contributed by atoms with van der Waals surface area (Å²) in [5, 5.41) is 22.7. The van der Waals surface area contributed by atoms with Gasteiger partial charge in [-0.3, -0.25) is 9.36 Å². The van der Waals surface area contributed by atoms with Crippen LogP contribution in [0.2, 0.25) is 5.02 Å². The molecular formula is C22H22BClFN4O12PS. The number of imide groups is 1. The van der Waals surface area contributed by atoms with Crippen LogP contribution in [0.5, 0.6) is 5.75 Å². The van der Waals surface area contributed by atoms with E-state index in [2.05, 4.69) is 10.6 Å². The Labute approximate surface area is 247 Å². The van der Waals surface area contributed by atoms with E-state index in [1.807, 2.05) is 0 Å².